The van der Waals surface area contributed by atoms with Crippen molar-refractivity contribution in [3.63, 3.8) is 0 Å². The fraction of sp³-hybridized carbons (Fsp3) is 1.00. The second kappa shape index (κ2) is 4.99. The van der Waals surface area contributed by atoms with Gasteiger partial charge in [0.25, 0.3) is 0 Å². The molecule has 78 valence electrons. The Morgan fingerprint density at radius 3 is 2.62 bits per heavy atom. The van der Waals surface area contributed by atoms with Crippen molar-refractivity contribution in [3.8, 4) is 0 Å². The summed E-state index contributed by atoms with van der Waals surface area (Å²) < 4.78 is 0. The molecular weight excluding hydrogens is 158 g/mol. The fourth-order valence-electron chi connectivity index (χ4n) is 2.38. The minimum Gasteiger partial charge on any atom is -0.303 e. The van der Waals surface area contributed by atoms with Crippen LogP contribution in [0.3, 0.4) is 0 Å². The Kier molecular flexibility index (Phi) is 4.24. The summed E-state index contributed by atoms with van der Waals surface area (Å²) in [5.41, 5.74) is 0.603. The molecule has 1 nitrogen and oxygen atoms in total. The van der Waals surface area contributed by atoms with Crippen molar-refractivity contribution < 1.29 is 0 Å². The summed E-state index contributed by atoms with van der Waals surface area (Å²) in [6.07, 6.45) is 6.93. The van der Waals surface area contributed by atoms with Crippen LogP contribution in [0.5, 0.6) is 0 Å². The Bertz CT molecular complexity index is 144. The summed E-state index contributed by atoms with van der Waals surface area (Å²) in [4.78, 5) is 2.66. The van der Waals surface area contributed by atoms with Crippen LogP contribution in [-0.4, -0.2) is 24.5 Å². The lowest BCUT2D eigenvalue weighted by Gasteiger charge is -2.31. The van der Waals surface area contributed by atoms with E-state index in [1.165, 1.54) is 51.7 Å². The highest BCUT2D eigenvalue weighted by atomic mass is 15.1. The Morgan fingerprint density at radius 2 is 2.00 bits per heavy atom. The van der Waals surface area contributed by atoms with Gasteiger partial charge in [-0.3, -0.25) is 0 Å². The third-order valence-corrected chi connectivity index (χ3v) is 3.50. The maximum absolute atomic E-state index is 2.66. The van der Waals surface area contributed by atoms with Crippen LogP contribution in [0.15, 0.2) is 0 Å². The van der Waals surface area contributed by atoms with Crippen LogP contribution in [0.2, 0.25) is 0 Å². The lowest BCUT2D eigenvalue weighted by molar-refractivity contribution is 0.174. The van der Waals surface area contributed by atoms with Gasteiger partial charge in [0.05, 0.1) is 0 Å². The molecule has 1 rings (SSSR count). The normalized spacial score (nSPS) is 31.6. The average molecular weight is 183 g/mol. The van der Waals surface area contributed by atoms with Gasteiger partial charge in [0.2, 0.25) is 0 Å². The van der Waals surface area contributed by atoms with E-state index in [0.717, 1.165) is 0 Å². The molecule has 0 saturated carbocycles. The van der Waals surface area contributed by atoms with E-state index in [1.807, 2.05) is 0 Å². The summed E-state index contributed by atoms with van der Waals surface area (Å²) in [5.74, 6) is 0. The first kappa shape index (κ1) is 11.0. The van der Waals surface area contributed by atoms with E-state index in [4.69, 9.17) is 0 Å². The Morgan fingerprint density at radius 1 is 1.23 bits per heavy atom. The first-order valence-corrected chi connectivity index (χ1v) is 5.92. The van der Waals surface area contributed by atoms with Crippen LogP contribution in [0, 0.1) is 5.41 Å². The second-order valence-electron chi connectivity index (χ2n) is 4.90. The first-order chi connectivity index (χ1) is 6.20. The van der Waals surface area contributed by atoms with Crippen molar-refractivity contribution in [3.05, 3.63) is 0 Å². The van der Waals surface area contributed by atoms with Gasteiger partial charge >= 0.3 is 0 Å². The molecule has 0 aromatic rings. The number of hydrogen-bond acceptors (Lipinski definition) is 1. The van der Waals surface area contributed by atoms with Gasteiger partial charge in [-0.2, -0.15) is 0 Å². The number of hydrogen-bond donors (Lipinski definition) is 0. The van der Waals surface area contributed by atoms with Crippen LogP contribution >= 0.6 is 0 Å². The predicted molar refractivity (Wildman–Crippen MR) is 59.0 cm³/mol. The lowest BCUT2D eigenvalue weighted by Crippen LogP contribution is -2.34. The topological polar surface area (TPSA) is 3.24 Å². The summed E-state index contributed by atoms with van der Waals surface area (Å²) in [7, 11) is 0. The van der Waals surface area contributed by atoms with Gasteiger partial charge in [0.15, 0.2) is 0 Å². The van der Waals surface area contributed by atoms with Crippen molar-refractivity contribution in [1.82, 2.24) is 4.90 Å². The van der Waals surface area contributed by atoms with Gasteiger partial charge in [-0.05, 0) is 44.2 Å². The Balaban J connectivity index is 2.49. The van der Waals surface area contributed by atoms with Gasteiger partial charge < -0.3 is 4.90 Å². The van der Waals surface area contributed by atoms with Gasteiger partial charge in [0.1, 0.15) is 0 Å². The average Bonchev–Trinajstić information content (AvgIpc) is 2.29. The lowest BCUT2D eigenvalue weighted by atomic mass is 9.83. The van der Waals surface area contributed by atoms with Crippen LogP contribution in [-0.2, 0) is 0 Å². The van der Waals surface area contributed by atoms with E-state index in [9.17, 15) is 0 Å². The summed E-state index contributed by atoms with van der Waals surface area (Å²) in [6, 6.07) is 0. The smallest absolute Gasteiger partial charge is 0.00352 e. The van der Waals surface area contributed by atoms with Crippen LogP contribution in [0.1, 0.15) is 52.9 Å². The molecule has 0 aromatic carbocycles. The molecule has 1 saturated heterocycles. The van der Waals surface area contributed by atoms with Crippen LogP contribution in [0.25, 0.3) is 0 Å². The Labute approximate surface area is 83.5 Å². The maximum atomic E-state index is 2.66. The summed E-state index contributed by atoms with van der Waals surface area (Å²) in [6.45, 7) is 11.1. The molecule has 0 radical (unpaired) electrons. The van der Waals surface area contributed by atoms with E-state index in [1.54, 1.807) is 0 Å². The molecule has 0 amide bonds. The number of likely N-dealkylation sites (tertiary alicyclic amines) is 1. The third kappa shape index (κ3) is 3.30. The highest BCUT2D eigenvalue weighted by Crippen LogP contribution is 2.31. The van der Waals surface area contributed by atoms with Gasteiger partial charge in [-0.15, -0.1) is 0 Å². The monoisotopic (exact) mass is 183 g/mol. The maximum Gasteiger partial charge on any atom is 0.00352 e. The molecule has 1 fully saturated rings. The van der Waals surface area contributed by atoms with Crippen LogP contribution < -0.4 is 0 Å². The van der Waals surface area contributed by atoms with Gasteiger partial charge in [0, 0.05) is 6.54 Å². The molecule has 1 unspecified atom stereocenters. The zero-order chi connectivity index (χ0) is 9.73. The summed E-state index contributed by atoms with van der Waals surface area (Å²) in [5, 5.41) is 0. The van der Waals surface area contributed by atoms with Crippen LogP contribution in [0.4, 0.5) is 0 Å². The molecule has 0 bridgehead atoms. The van der Waals surface area contributed by atoms with Gasteiger partial charge in [-0.1, -0.05) is 27.2 Å². The summed E-state index contributed by atoms with van der Waals surface area (Å²) >= 11 is 0. The third-order valence-electron chi connectivity index (χ3n) is 3.50. The molecule has 0 aromatic heterocycles. The molecule has 1 heterocycles. The minimum absolute atomic E-state index is 0.603. The molecule has 13 heavy (non-hydrogen) atoms. The first-order valence-electron chi connectivity index (χ1n) is 5.92. The van der Waals surface area contributed by atoms with Crippen molar-refractivity contribution >= 4 is 0 Å². The van der Waals surface area contributed by atoms with E-state index in [0.29, 0.717) is 5.41 Å². The van der Waals surface area contributed by atoms with Crippen molar-refractivity contribution in [2.75, 3.05) is 19.6 Å². The van der Waals surface area contributed by atoms with Crippen molar-refractivity contribution in [2.24, 2.45) is 5.41 Å². The second-order valence-corrected chi connectivity index (χ2v) is 4.90. The molecule has 1 heteroatoms. The highest BCUT2D eigenvalue weighted by Gasteiger charge is 2.26. The van der Waals surface area contributed by atoms with Crippen molar-refractivity contribution in [1.29, 1.82) is 0 Å². The Hall–Kier alpha value is -0.0400. The largest absolute Gasteiger partial charge is 0.303 e. The molecule has 1 atom stereocenters. The molecule has 0 aliphatic carbocycles. The van der Waals surface area contributed by atoms with E-state index >= 15 is 0 Å². The van der Waals surface area contributed by atoms with Crippen molar-refractivity contribution in [2.45, 2.75) is 52.9 Å². The molecule has 1 aliphatic heterocycles. The standard InChI is InChI=1S/C12H25N/c1-4-9-13-10-7-6-8-12(3,5-2)11-13/h4-11H2,1-3H3. The fourth-order valence-corrected chi connectivity index (χ4v) is 2.38. The van der Waals surface area contributed by atoms with E-state index in [-0.39, 0.29) is 0 Å². The van der Waals surface area contributed by atoms with E-state index in [2.05, 4.69) is 25.7 Å². The van der Waals surface area contributed by atoms with E-state index < -0.39 is 0 Å². The molecular formula is C12H25N. The molecule has 0 spiro atoms. The molecule has 0 N–H and O–H groups in total. The molecule has 1 aliphatic rings. The SMILES string of the molecule is CCCN1CCCCC(C)(CC)C1. The van der Waals surface area contributed by atoms with Gasteiger partial charge in [-0.25, -0.2) is 0 Å². The predicted octanol–water partition coefficient (Wildman–Crippen LogP) is 3.30. The number of rotatable bonds is 3. The highest BCUT2D eigenvalue weighted by molar-refractivity contribution is 4.80. The zero-order valence-electron chi connectivity index (χ0n) is 9.60. The number of nitrogens with zero attached hydrogens (tertiary/aromatic N) is 1. The zero-order valence-corrected chi connectivity index (χ0v) is 9.60. The quantitative estimate of drug-likeness (QED) is 0.649. The minimum atomic E-state index is 0.603.